The van der Waals surface area contributed by atoms with E-state index in [9.17, 15) is 0 Å². The Bertz CT molecular complexity index is 689. The summed E-state index contributed by atoms with van der Waals surface area (Å²) < 4.78 is 11.5. The van der Waals surface area contributed by atoms with Crippen LogP contribution in [0.4, 0.5) is 0 Å². The van der Waals surface area contributed by atoms with Crippen LogP contribution >= 0.6 is 23.2 Å². The third kappa shape index (κ3) is 6.43. The summed E-state index contributed by atoms with van der Waals surface area (Å²) in [6, 6.07) is 11.7. The maximum atomic E-state index is 6.20. The number of hydrogen-bond donors (Lipinski definition) is 1. The van der Waals surface area contributed by atoms with Crippen LogP contribution in [0, 0.1) is 0 Å². The lowest BCUT2D eigenvalue weighted by Crippen LogP contribution is -2.17. The van der Waals surface area contributed by atoms with Crippen molar-refractivity contribution in [2.45, 2.75) is 39.8 Å². The molecule has 0 atom stereocenters. The summed E-state index contributed by atoms with van der Waals surface area (Å²) in [7, 11) is 0. The van der Waals surface area contributed by atoms with Gasteiger partial charge in [-0.05, 0) is 69.1 Å². The molecule has 0 bridgehead atoms. The fourth-order valence-corrected chi connectivity index (χ4v) is 2.97. The molecule has 2 aromatic carbocycles. The minimum absolute atomic E-state index is 0.118. The average Bonchev–Trinajstić information content (AvgIpc) is 2.55. The van der Waals surface area contributed by atoms with Gasteiger partial charge in [0, 0.05) is 16.6 Å². The standard InChI is InChI=1S/C20H25Cl2NO2/c1-4-24-20-11-15(5-8-19(20)25-14(2)3)13-23-10-9-16-6-7-17(21)12-18(16)22/h5-8,11-12,14,23H,4,9-10,13H2,1-3H3. The third-order valence-electron chi connectivity index (χ3n) is 3.59. The third-order valence-corrected chi connectivity index (χ3v) is 4.17. The van der Waals surface area contributed by atoms with Crippen molar-refractivity contribution in [2.24, 2.45) is 0 Å². The number of halogens is 2. The van der Waals surface area contributed by atoms with Crippen LogP contribution in [0.2, 0.25) is 10.0 Å². The summed E-state index contributed by atoms with van der Waals surface area (Å²) in [6.07, 6.45) is 0.968. The molecule has 0 unspecified atom stereocenters. The molecule has 0 aliphatic rings. The topological polar surface area (TPSA) is 30.5 Å². The van der Waals surface area contributed by atoms with Crippen LogP contribution in [0.15, 0.2) is 36.4 Å². The van der Waals surface area contributed by atoms with Gasteiger partial charge in [0.2, 0.25) is 0 Å². The van der Waals surface area contributed by atoms with E-state index in [2.05, 4.69) is 11.4 Å². The Labute approximate surface area is 160 Å². The molecule has 0 fully saturated rings. The van der Waals surface area contributed by atoms with Gasteiger partial charge < -0.3 is 14.8 Å². The van der Waals surface area contributed by atoms with E-state index in [0.717, 1.165) is 42.1 Å². The van der Waals surface area contributed by atoms with Gasteiger partial charge in [-0.15, -0.1) is 0 Å². The highest BCUT2D eigenvalue weighted by Gasteiger charge is 2.08. The SMILES string of the molecule is CCOc1cc(CNCCc2ccc(Cl)cc2Cl)ccc1OC(C)C. The van der Waals surface area contributed by atoms with Gasteiger partial charge in [0.25, 0.3) is 0 Å². The summed E-state index contributed by atoms with van der Waals surface area (Å²) in [5.74, 6) is 1.57. The monoisotopic (exact) mass is 381 g/mol. The molecule has 0 aliphatic heterocycles. The summed E-state index contributed by atoms with van der Waals surface area (Å²) in [5.41, 5.74) is 2.25. The van der Waals surface area contributed by atoms with Gasteiger partial charge in [0.15, 0.2) is 11.5 Å². The zero-order chi connectivity index (χ0) is 18.2. The Balaban J connectivity index is 1.90. The second kappa shape index (κ2) is 9.91. The highest BCUT2D eigenvalue weighted by atomic mass is 35.5. The Hall–Kier alpha value is -1.42. The summed E-state index contributed by atoms with van der Waals surface area (Å²) >= 11 is 12.1. The van der Waals surface area contributed by atoms with Gasteiger partial charge in [0.05, 0.1) is 12.7 Å². The lowest BCUT2D eigenvalue weighted by molar-refractivity contribution is 0.223. The first-order valence-electron chi connectivity index (χ1n) is 8.56. The predicted octanol–water partition coefficient (Wildman–Crippen LogP) is 5.51. The molecular formula is C20H25Cl2NO2. The van der Waals surface area contributed by atoms with E-state index in [-0.39, 0.29) is 6.10 Å². The molecule has 0 heterocycles. The van der Waals surface area contributed by atoms with Gasteiger partial charge in [0.1, 0.15) is 0 Å². The molecule has 0 aliphatic carbocycles. The fourth-order valence-electron chi connectivity index (χ4n) is 2.46. The van der Waals surface area contributed by atoms with Crippen molar-refractivity contribution in [3.63, 3.8) is 0 Å². The van der Waals surface area contributed by atoms with E-state index in [1.54, 1.807) is 6.07 Å². The second-order valence-corrected chi connectivity index (χ2v) is 6.89. The number of benzene rings is 2. The van der Waals surface area contributed by atoms with Crippen molar-refractivity contribution >= 4 is 23.2 Å². The Morgan fingerprint density at radius 1 is 1.04 bits per heavy atom. The molecule has 136 valence electrons. The van der Waals surface area contributed by atoms with Crippen molar-refractivity contribution < 1.29 is 9.47 Å². The number of rotatable bonds is 9. The van der Waals surface area contributed by atoms with E-state index >= 15 is 0 Å². The second-order valence-electron chi connectivity index (χ2n) is 6.04. The molecule has 2 rings (SSSR count). The normalized spacial score (nSPS) is 11.0. The molecule has 25 heavy (non-hydrogen) atoms. The van der Waals surface area contributed by atoms with E-state index in [0.29, 0.717) is 16.7 Å². The van der Waals surface area contributed by atoms with Crippen molar-refractivity contribution in [3.8, 4) is 11.5 Å². The molecule has 5 heteroatoms. The van der Waals surface area contributed by atoms with Crippen LogP contribution in [-0.2, 0) is 13.0 Å². The maximum absolute atomic E-state index is 6.20. The van der Waals surface area contributed by atoms with Crippen molar-refractivity contribution in [3.05, 3.63) is 57.6 Å². The lowest BCUT2D eigenvalue weighted by Gasteiger charge is -2.16. The van der Waals surface area contributed by atoms with Crippen molar-refractivity contribution in [2.75, 3.05) is 13.2 Å². The maximum Gasteiger partial charge on any atom is 0.161 e. The molecular weight excluding hydrogens is 357 g/mol. The van der Waals surface area contributed by atoms with Crippen LogP contribution in [0.1, 0.15) is 31.9 Å². The number of hydrogen-bond acceptors (Lipinski definition) is 3. The zero-order valence-electron chi connectivity index (χ0n) is 14.9. The highest BCUT2D eigenvalue weighted by molar-refractivity contribution is 6.35. The van der Waals surface area contributed by atoms with Crippen molar-refractivity contribution in [1.29, 1.82) is 0 Å². The molecule has 0 saturated heterocycles. The Kier molecular flexibility index (Phi) is 7.89. The first-order chi connectivity index (χ1) is 12.0. The smallest absolute Gasteiger partial charge is 0.161 e. The van der Waals surface area contributed by atoms with E-state index < -0.39 is 0 Å². The van der Waals surface area contributed by atoms with Crippen LogP contribution < -0.4 is 14.8 Å². The van der Waals surface area contributed by atoms with Crippen LogP contribution in [0.5, 0.6) is 11.5 Å². The molecule has 3 nitrogen and oxygen atoms in total. The molecule has 0 saturated carbocycles. The summed E-state index contributed by atoms with van der Waals surface area (Å²) in [4.78, 5) is 0. The minimum atomic E-state index is 0.118. The van der Waals surface area contributed by atoms with E-state index in [4.69, 9.17) is 32.7 Å². The summed E-state index contributed by atoms with van der Waals surface area (Å²) in [5, 5.41) is 4.81. The van der Waals surface area contributed by atoms with Gasteiger partial charge in [-0.3, -0.25) is 0 Å². The van der Waals surface area contributed by atoms with Crippen LogP contribution in [0.25, 0.3) is 0 Å². The van der Waals surface area contributed by atoms with E-state index in [1.165, 1.54) is 0 Å². The van der Waals surface area contributed by atoms with Gasteiger partial charge in [-0.25, -0.2) is 0 Å². The molecule has 0 radical (unpaired) electrons. The van der Waals surface area contributed by atoms with Gasteiger partial charge >= 0.3 is 0 Å². The first-order valence-corrected chi connectivity index (χ1v) is 9.32. The van der Waals surface area contributed by atoms with Crippen LogP contribution in [0.3, 0.4) is 0 Å². The average molecular weight is 382 g/mol. The number of ether oxygens (including phenoxy) is 2. The largest absolute Gasteiger partial charge is 0.490 e. The first kappa shape index (κ1) is 19.9. The quantitative estimate of drug-likeness (QED) is 0.580. The molecule has 2 aromatic rings. The minimum Gasteiger partial charge on any atom is -0.490 e. The number of nitrogens with one attached hydrogen (secondary N) is 1. The Morgan fingerprint density at radius 3 is 2.52 bits per heavy atom. The van der Waals surface area contributed by atoms with Crippen molar-refractivity contribution in [1.82, 2.24) is 5.32 Å². The van der Waals surface area contributed by atoms with Crippen LogP contribution in [-0.4, -0.2) is 19.3 Å². The lowest BCUT2D eigenvalue weighted by atomic mass is 10.1. The molecule has 0 spiro atoms. The molecule has 0 amide bonds. The zero-order valence-corrected chi connectivity index (χ0v) is 16.5. The molecule has 1 N–H and O–H groups in total. The predicted molar refractivity (Wildman–Crippen MR) is 105 cm³/mol. The van der Waals surface area contributed by atoms with Gasteiger partial charge in [-0.2, -0.15) is 0 Å². The highest BCUT2D eigenvalue weighted by Crippen LogP contribution is 2.29. The molecule has 0 aromatic heterocycles. The fraction of sp³-hybridized carbons (Fsp3) is 0.400. The van der Waals surface area contributed by atoms with Gasteiger partial charge in [-0.1, -0.05) is 35.3 Å². The summed E-state index contributed by atoms with van der Waals surface area (Å²) in [6.45, 7) is 8.18. The Morgan fingerprint density at radius 2 is 1.84 bits per heavy atom. The van der Waals surface area contributed by atoms with E-state index in [1.807, 2.05) is 45.0 Å².